The van der Waals surface area contributed by atoms with Gasteiger partial charge in [-0.25, -0.2) is 4.39 Å². The van der Waals surface area contributed by atoms with Gasteiger partial charge in [0, 0.05) is 12.0 Å². The highest BCUT2D eigenvalue weighted by Crippen LogP contribution is 2.35. The first-order chi connectivity index (χ1) is 14.2. The largest absolute Gasteiger partial charge is 0.489 e. The van der Waals surface area contributed by atoms with Crippen molar-refractivity contribution in [1.29, 1.82) is 0 Å². The number of ether oxygens (including phenoxy) is 1. The number of aryl methyl sites for hydroxylation is 1. The van der Waals surface area contributed by atoms with Gasteiger partial charge < -0.3 is 9.84 Å². The van der Waals surface area contributed by atoms with Gasteiger partial charge in [0.1, 0.15) is 18.2 Å². The number of hydrogen-bond donors (Lipinski definition) is 1. The molecule has 0 aromatic heterocycles. The molecule has 0 aliphatic heterocycles. The zero-order valence-electron chi connectivity index (χ0n) is 17.6. The predicted molar refractivity (Wildman–Crippen MR) is 117 cm³/mol. The molecule has 3 nitrogen and oxygen atoms in total. The van der Waals surface area contributed by atoms with Crippen molar-refractivity contribution in [3.05, 3.63) is 89.2 Å². The van der Waals surface area contributed by atoms with Crippen molar-refractivity contribution >= 4 is 5.97 Å². The first-order valence-corrected chi connectivity index (χ1v) is 10.1. The lowest BCUT2D eigenvalue weighted by molar-refractivity contribution is -0.136. The first-order valence-electron chi connectivity index (χ1n) is 10.1. The molecule has 1 N–H and O–H groups in total. The highest BCUT2D eigenvalue weighted by Gasteiger charge is 2.21. The summed E-state index contributed by atoms with van der Waals surface area (Å²) >= 11 is 0. The van der Waals surface area contributed by atoms with Crippen molar-refractivity contribution in [2.24, 2.45) is 0 Å². The summed E-state index contributed by atoms with van der Waals surface area (Å²) in [6, 6.07) is 20.3. The number of carboxylic acid groups (broad SMARTS) is 1. The molecular weight excluding hydrogens is 379 g/mol. The van der Waals surface area contributed by atoms with Crippen LogP contribution in [0.15, 0.2) is 66.7 Å². The maximum atomic E-state index is 14.4. The highest BCUT2D eigenvalue weighted by atomic mass is 19.1. The summed E-state index contributed by atoms with van der Waals surface area (Å²) < 4.78 is 20.4. The summed E-state index contributed by atoms with van der Waals surface area (Å²) in [4.78, 5) is 10.8. The molecule has 4 heteroatoms. The van der Waals surface area contributed by atoms with Gasteiger partial charge in [-0.1, -0.05) is 69.3 Å². The van der Waals surface area contributed by atoms with Gasteiger partial charge in [0.25, 0.3) is 0 Å². The van der Waals surface area contributed by atoms with Crippen molar-refractivity contribution < 1.29 is 19.0 Å². The minimum Gasteiger partial charge on any atom is -0.489 e. The third-order valence-corrected chi connectivity index (χ3v) is 4.99. The van der Waals surface area contributed by atoms with E-state index >= 15 is 0 Å². The standard InChI is InChI=1S/C26H27FO3/c1-26(2,3)23-16-19(11-13-21(23)22-9-4-5-10-24(22)27)17-30-20-8-6-7-18(15-20)12-14-25(28)29/h4-11,13,15-16H,12,14,17H2,1-3H3,(H,28,29). The van der Waals surface area contributed by atoms with E-state index in [0.29, 0.717) is 24.3 Å². The molecule has 0 fully saturated rings. The van der Waals surface area contributed by atoms with Crippen LogP contribution in [0.25, 0.3) is 11.1 Å². The Hall–Kier alpha value is -3.14. The number of rotatable bonds is 7. The molecule has 30 heavy (non-hydrogen) atoms. The van der Waals surface area contributed by atoms with E-state index in [-0.39, 0.29) is 17.7 Å². The summed E-state index contributed by atoms with van der Waals surface area (Å²) in [5, 5.41) is 8.85. The van der Waals surface area contributed by atoms with Gasteiger partial charge >= 0.3 is 5.97 Å². The van der Waals surface area contributed by atoms with E-state index in [9.17, 15) is 9.18 Å². The van der Waals surface area contributed by atoms with Crippen molar-refractivity contribution in [1.82, 2.24) is 0 Å². The van der Waals surface area contributed by atoms with E-state index in [0.717, 1.165) is 22.3 Å². The van der Waals surface area contributed by atoms with Gasteiger partial charge in [-0.15, -0.1) is 0 Å². The molecule has 0 aliphatic rings. The van der Waals surface area contributed by atoms with E-state index < -0.39 is 5.97 Å². The summed E-state index contributed by atoms with van der Waals surface area (Å²) in [5.74, 6) is -0.343. The minimum absolute atomic E-state index is 0.0932. The molecular formula is C26H27FO3. The maximum absolute atomic E-state index is 14.4. The fraction of sp³-hybridized carbons (Fsp3) is 0.269. The van der Waals surface area contributed by atoms with Crippen molar-refractivity contribution in [3.8, 4) is 16.9 Å². The van der Waals surface area contributed by atoms with Gasteiger partial charge in [0.15, 0.2) is 0 Å². The van der Waals surface area contributed by atoms with Crippen LogP contribution >= 0.6 is 0 Å². The average Bonchev–Trinajstić information content (AvgIpc) is 2.71. The second-order valence-corrected chi connectivity index (χ2v) is 8.44. The molecule has 156 valence electrons. The van der Waals surface area contributed by atoms with Crippen LogP contribution in [0.5, 0.6) is 5.75 Å². The third-order valence-electron chi connectivity index (χ3n) is 4.99. The molecule has 0 aliphatic carbocycles. The van der Waals surface area contributed by atoms with E-state index in [1.165, 1.54) is 6.07 Å². The van der Waals surface area contributed by atoms with E-state index in [1.54, 1.807) is 12.1 Å². The number of carbonyl (C=O) groups is 1. The second kappa shape index (κ2) is 9.12. The van der Waals surface area contributed by atoms with Crippen LogP contribution in [0.4, 0.5) is 4.39 Å². The van der Waals surface area contributed by atoms with E-state index in [1.807, 2.05) is 42.5 Å². The average molecular weight is 406 g/mol. The Morgan fingerprint density at radius 2 is 1.70 bits per heavy atom. The van der Waals surface area contributed by atoms with Gasteiger partial charge in [-0.05, 0) is 52.3 Å². The van der Waals surface area contributed by atoms with Crippen LogP contribution in [0, 0.1) is 5.82 Å². The zero-order chi connectivity index (χ0) is 21.7. The van der Waals surface area contributed by atoms with Crippen LogP contribution in [-0.2, 0) is 23.2 Å². The Morgan fingerprint density at radius 3 is 2.40 bits per heavy atom. The number of aliphatic carboxylic acids is 1. The monoisotopic (exact) mass is 406 g/mol. The van der Waals surface area contributed by atoms with Gasteiger partial charge in [0.2, 0.25) is 0 Å². The van der Waals surface area contributed by atoms with Gasteiger partial charge in [-0.2, -0.15) is 0 Å². The lowest BCUT2D eigenvalue weighted by Gasteiger charge is -2.24. The van der Waals surface area contributed by atoms with Gasteiger partial charge in [0.05, 0.1) is 0 Å². The molecule has 0 atom stereocenters. The molecule has 3 aromatic rings. The Labute approximate surface area is 177 Å². The molecule has 3 aromatic carbocycles. The van der Waals surface area contributed by atoms with E-state index in [4.69, 9.17) is 9.84 Å². The fourth-order valence-corrected chi connectivity index (χ4v) is 3.42. The summed E-state index contributed by atoms with van der Waals surface area (Å²) in [7, 11) is 0. The summed E-state index contributed by atoms with van der Waals surface area (Å²) in [6.45, 7) is 6.72. The number of halogens is 1. The molecule has 0 radical (unpaired) electrons. The second-order valence-electron chi connectivity index (χ2n) is 8.44. The number of benzene rings is 3. The maximum Gasteiger partial charge on any atom is 0.303 e. The predicted octanol–water partition coefficient (Wildman–Crippen LogP) is 6.39. The number of hydrogen-bond acceptors (Lipinski definition) is 2. The molecule has 0 saturated heterocycles. The third kappa shape index (κ3) is 5.47. The van der Waals surface area contributed by atoms with Crippen LogP contribution in [-0.4, -0.2) is 11.1 Å². The molecule has 0 spiro atoms. The van der Waals surface area contributed by atoms with Crippen LogP contribution in [0.1, 0.15) is 43.9 Å². The smallest absolute Gasteiger partial charge is 0.303 e. The summed E-state index contributed by atoms with van der Waals surface area (Å²) in [6.07, 6.45) is 0.563. The van der Waals surface area contributed by atoms with Crippen molar-refractivity contribution in [3.63, 3.8) is 0 Å². The van der Waals surface area contributed by atoms with Crippen LogP contribution in [0.3, 0.4) is 0 Å². The highest BCUT2D eigenvalue weighted by molar-refractivity contribution is 5.70. The minimum atomic E-state index is -0.814. The van der Waals surface area contributed by atoms with Crippen molar-refractivity contribution in [2.75, 3.05) is 0 Å². The SMILES string of the molecule is CC(C)(C)c1cc(COc2cccc(CCC(=O)O)c2)ccc1-c1ccccc1F. The Kier molecular flexibility index (Phi) is 6.56. The topological polar surface area (TPSA) is 46.5 Å². The fourth-order valence-electron chi connectivity index (χ4n) is 3.42. The summed E-state index contributed by atoms with van der Waals surface area (Å²) in [5.41, 5.74) is 4.31. The molecule has 0 saturated carbocycles. The number of carboxylic acids is 1. The molecule has 3 rings (SSSR count). The molecule has 0 amide bonds. The Balaban J connectivity index is 1.82. The first kappa shape index (κ1) is 21.6. The van der Waals surface area contributed by atoms with Gasteiger partial charge in [-0.3, -0.25) is 4.79 Å². The Morgan fingerprint density at radius 1 is 0.933 bits per heavy atom. The molecule has 0 heterocycles. The normalized spacial score (nSPS) is 11.3. The Bertz CT molecular complexity index is 1030. The zero-order valence-corrected chi connectivity index (χ0v) is 17.6. The lowest BCUT2D eigenvalue weighted by Crippen LogP contribution is -2.14. The lowest BCUT2D eigenvalue weighted by atomic mass is 9.81. The van der Waals surface area contributed by atoms with Crippen molar-refractivity contribution in [2.45, 2.75) is 45.6 Å². The van der Waals surface area contributed by atoms with Crippen LogP contribution < -0.4 is 4.74 Å². The van der Waals surface area contributed by atoms with Crippen LogP contribution in [0.2, 0.25) is 0 Å². The quantitative estimate of drug-likeness (QED) is 0.495. The molecule has 0 unspecified atom stereocenters. The van der Waals surface area contributed by atoms with E-state index in [2.05, 4.69) is 26.8 Å². The molecule has 0 bridgehead atoms.